The molecule has 0 fully saturated rings. The molecule has 0 bridgehead atoms. The number of rotatable bonds is 6. The number of ketones is 1. The lowest BCUT2D eigenvalue weighted by molar-refractivity contribution is 0.104. The summed E-state index contributed by atoms with van der Waals surface area (Å²) in [5.41, 5.74) is 7.15. The van der Waals surface area contributed by atoms with Crippen LogP contribution in [0.5, 0.6) is 11.5 Å². The molecule has 1 aromatic heterocycles. The van der Waals surface area contributed by atoms with E-state index in [-0.39, 0.29) is 11.6 Å². The number of carbonyl (C=O) groups excluding carboxylic acids is 1. The minimum absolute atomic E-state index is 0.173. The molecule has 3 N–H and O–H groups in total. The lowest BCUT2D eigenvalue weighted by Crippen LogP contribution is -2.02. The fraction of sp³-hybridized carbons (Fsp3) is 0.111. The van der Waals surface area contributed by atoms with Crippen LogP contribution in [0, 0.1) is 0 Å². The first kappa shape index (κ1) is 18.0. The van der Waals surface area contributed by atoms with Gasteiger partial charge in [-0.3, -0.25) is 4.79 Å². The topological polar surface area (TPSA) is 86.5 Å². The molecule has 2 aromatic carbocycles. The van der Waals surface area contributed by atoms with Gasteiger partial charge in [0, 0.05) is 34.5 Å². The summed E-state index contributed by atoms with van der Waals surface area (Å²) in [6.07, 6.45) is 0. The van der Waals surface area contributed by atoms with Gasteiger partial charge in [0.25, 0.3) is 0 Å². The maximum Gasteiger partial charge on any atom is 0.206 e. The zero-order valence-corrected chi connectivity index (χ0v) is 15.6. The highest BCUT2D eigenvalue weighted by Gasteiger charge is 2.18. The van der Waals surface area contributed by atoms with Crippen molar-refractivity contribution in [3.8, 4) is 11.5 Å². The number of aromatic nitrogens is 1. The summed E-state index contributed by atoms with van der Waals surface area (Å²) >= 11 is 7.04. The number of nitrogens with zero attached hydrogens (tertiary/aromatic N) is 1. The SMILES string of the molecule is COc1cc(Nc2nc(N)c(C(=O)c3ccc(Cl)cc3)s2)cc(OC)c1. The first-order valence-corrected chi connectivity index (χ1v) is 8.76. The van der Waals surface area contributed by atoms with Crippen molar-refractivity contribution in [2.75, 3.05) is 25.3 Å². The van der Waals surface area contributed by atoms with E-state index in [0.29, 0.717) is 37.8 Å². The van der Waals surface area contributed by atoms with E-state index in [1.807, 2.05) is 0 Å². The Labute approximate surface area is 159 Å². The highest BCUT2D eigenvalue weighted by atomic mass is 35.5. The molecule has 3 rings (SSSR count). The first-order chi connectivity index (χ1) is 12.5. The Morgan fingerprint density at radius 3 is 2.31 bits per heavy atom. The Balaban J connectivity index is 1.86. The summed E-state index contributed by atoms with van der Waals surface area (Å²) in [4.78, 5) is 17.2. The van der Waals surface area contributed by atoms with E-state index in [9.17, 15) is 4.79 Å². The number of benzene rings is 2. The molecule has 3 aromatic rings. The van der Waals surface area contributed by atoms with Gasteiger partial charge in [0.15, 0.2) is 5.13 Å². The number of nitrogen functional groups attached to an aromatic ring is 1. The van der Waals surface area contributed by atoms with Crippen molar-refractivity contribution in [1.29, 1.82) is 0 Å². The number of ether oxygens (including phenoxy) is 2. The number of anilines is 3. The van der Waals surface area contributed by atoms with Crippen molar-refractivity contribution in [2.45, 2.75) is 0 Å². The quantitative estimate of drug-likeness (QED) is 0.609. The number of hydrogen-bond donors (Lipinski definition) is 2. The molecule has 6 nitrogen and oxygen atoms in total. The van der Waals surface area contributed by atoms with Crippen LogP contribution < -0.4 is 20.5 Å². The molecular weight excluding hydrogens is 374 g/mol. The highest BCUT2D eigenvalue weighted by molar-refractivity contribution is 7.18. The molecule has 0 aliphatic carbocycles. The Bertz CT molecular complexity index is 919. The molecule has 0 atom stereocenters. The van der Waals surface area contributed by atoms with E-state index in [2.05, 4.69) is 10.3 Å². The number of methoxy groups -OCH3 is 2. The van der Waals surface area contributed by atoms with Gasteiger partial charge in [-0.05, 0) is 24.3 Å². The van der Waals surface area contributed by atoms with Crippen molar-refractivity contribution in [1.82, 2.24) is 4.98 Å². The largest absolute Gasteiger partial charge is 0.497 e. The van der Waals surface area contributed by atoms with Gasteiger partial charge >= 0.3 is 0 Å². The number of carbonyl (C=O) groups is 1. The zero-order chi connectivity index (χ0) is 18.7. The van der Waals surface area contributed by atoms with Gasteiger partial charge in [0.05, 0.1) is 14.2 Å². The molecule has 0 saturated heterocycles. The maximum atomic E-state index is 12.6. The Kier molecular flexibility index (Phi) is 5.29. The molecule has 0 aliphatic rings. The van der Waals surface area contributed by atoms with Crippen LogP contribution >= 0.6 is 22.9 Å². The summed E-state index contributed by atoms with van der Waals surface area (Å²) in [5.74, 6) is 1.24. The van der Waals surface area contributed by atoms with Crippen molar-refractivity contribution in [2.24, 2.45) is 0 Å². The van der Waals surface area contributed by atoms with E-state index in [1.54, 1.807) is 56.7 Å². The summed E-state index contributed by atoms with van der Waals surface area (Å²) in [6, 6.07) is 12.0. The van der Waals surface area contributed by atoms with Crippen molar-refractivity contribution >= 4 is 45.4 Å². The lowest BCUT2D eigenvalue weighted by atomic mass is 10.1. The predicted molar refractivity (Wildman–Crippen MR) is 104 cm³/mol. The predicted octanol–water partition coefficient (Wildman–Crippen LogP) is 4.37. The molecule has 0 unspecified atom stereocenters. The van der Waals surface area contributed by atoms with Crippen LogP contribution in [0.1, 0.15) is 15.2 Å². The molecule has 0 radical (unpaired) electrons. The zero-order valence-electron chi connectivity index (χ0n) is 14.1. The van der Waals surface area contributed by atoms with Gasteiger partial charge in [0.2, 0.25) is 5.78 Å². The van der Waals surface area contributed by atoms with Gasteiger partial charge in [-0.25, -0.2) is 4.98 Å². The highest BCUT2D eigenvalue weighted by Crippen LogP contribution is 2.32. The Morgan fingerprint density at radius 1 is 1.12 bits per heavy atom. The van der Waals surface area contributed by atoms with E-state index in [1.165, 1.54) is 11.3 Å². The number of hydrogen-bond acceptors (Lipinski definition) is 7. The van der Waals surface area contributed by atoms with Crippen LogP contribution in [0.4, 0.5) is 16.6 Å². The van der Waals surface area contributed by atoms with Crippen LogP contribution in [0.15, 0.2) is 42.5 Å². The monoisotopic (exact) mass is 389 g/mol. The second-order valence-electron chi connectivity index (χ2n) is 5.30. The minimum atomic E-state index is -0.201. The Morgan fingerprint density at radius 2 is 1.73 bits per heavy atom. The van der Waals surface area contributed by atoms with Gasteiger partial charge in [-0.2, -0.15) is 0 Å². The molecular formula is C18H16ClN3O3S. The Hall–Kier alpha value is -2.77. The van der Waals surface area contributed by atoms with E-state index >= 15 is 0 Å². The lowest BCUT2D eigenvalue weighted by Gasteiger charge is -2.08. The maximum absolute atomic E-state index is 12.6. The van der Waals surface area contributed by atoms with Gasteiger partial charge in [0.1, 0.15) is 22.2 Å². The van der Waals surface area contributed by atoms with Crippen molar-refractivity contribution in [3.63, 3.8) is 0 Å². The second kappa shape index (κ2) is 7.63. The molecule has 0 spiro atoms. The van der Waals surface area contributed by atoms with Crippen LogP contribution in [0.25, 0.3) is 0 Å². The minimum Gasteiger partial charge on any atom is -0.497 e. The average Bonchev–Trinajstić information content (AvgIpc) is 3.01. The normalized spacial score (nSPS) is 10.4. The van der Waals surface area contributed by atoms with Gasteiger partial charge < -0.3 is 20.5 Å². The number of nitrogens with two attached hydrogens (primary N) is 1. The van der Waals surface area contributed by atoms with Crippen LogP contribution in [0.2, 0.25) is 5.02 Å². The number of halogens is 1. The third kappa shape index (κ3) is 3.89. The third-order valence-electron chi connectivity index (χ3n) is 3.57. The van der Waals surface area contributed by atoms with E-state index in [0.717, 1.165) is 0 Å². The summed E-state index contributed by atoms with van der Waals surface area (Å²) in [5, 5.41) is 4.18. The smallest absolute Gasteiger partial charge is 0.206 e. The van der Waals surface area contributed by atoms with Crippen LogP contribution in [-0.4, -0.2) is 25.0 Å². The van der Waals surface area contributed by atoms with Crippen LogP contribution in [-0.2, 0) is 0 Å². The summed E-state index contributed by atoms with van der Waals surface area (Å²) < 4.78 is 10.5. The number of nitrogens with one attached hydrogen (secondary N) is 1. The van der Waals surface area contributed by atoms with E-state index in [4.69, 9.17) is 26.8 Å². The fourth-order valence-electron chi connectivity index (χ4n) is 2.28. The first-order valence-electron chi connectivity index (χ1n) is 7.57. The average molecular weight is 390 g/mol. The summed E-state index contributed by atoms with van der Waals surface area (Å²) in [7, 11) is 3.14. The molecule has 8 heteroatoms. The summed E-state index contributed by atoms with van der Waals surface area (Å²) in [6.45, 7) is 0. The van der Waals surface area contributed by atoms with Gasteiger partial charge in [-0.1, -0.05) is 22.9 Å². The molecule has 0 aliphatic heterocycles. The molecule has 0 saturated carbocycles. The second-order valence-corrected chi connectivity index (χ2v) is 6.73. The molecule has 0 amide bonds. The molecule has 1 heterocycles. The van der Waals surface area contributed by atoms with Crippen molar-refractivity contribution < 1.29 is 14.3 Å². The fourth-order valence-corrected chi connectivity index (χ4v) is 3.28. The molecule has 134 valence electrons. The van der Waals surface area contributed by atoms with E-state index < -0.39 is 0 Å². The number of thiazole rings is 1. The standard InChI is InChI=1S/C18H16ClN3O3S/c1-24-13-7-12(8-14(9-13)25-2)21-18-22-17(20)16(26-18)15(23)10-3-5-11(19)6-4-10/h3-9H,20H2,1-2H3,(H,21,22). The molecule has 26 heavy (non-hydrogen) atoms. The van der Waals surface area contributed by atoms with Crippen molar-refractivity contribution in [3.05, 3.63) is 57.9 Å². The van der Waals surface area contributed by atoms with Gasteiger partial charge in [-0.15, -0.1) is 0 Å². The third-order valence-corrected chi connectivity index (χ3v) is 4.81. The van der Waals surface area contributed by atoms with Crippen LogP contribution in [0.3, 0.4) is 0 Å².